The van der Waals surface area contributed by atoms with Gasteiger partial charge >= 0.3 is 0 Å². The highest BCUT2D eigenvalue weighted by atomic mass is 16.4. The third kappa shape index (κ3) is 5.89. The molecule has 0 atom stereocenters. The summed E-state index contributed by atoms with van der Waals surface area (Å²) in [7, 11) is 0. The zero-order valence-electron chi connectivity index (χ0n) is 40.5. The van der Waals surface area contributed by atoms with Gasteiger partial charge in [0.1, 0.15) is 22.2 Å². The average Bonchev–Trinajstić information content (AvgIpc) is 4.35. The largest absolute Gasteiger partial charge is 0.456 e. The van der Waals surface area contributed by atoms with Crippen molar-refractivity contribution in [2.45, 2.75) is 0 Å². The van der Waals surface area contributed by atoms with Crippen LogP contribution in [0.15, 0.2) is 250 Å². The highest BCUT2D eigenvalue weighted by Crippen LogP contribution is 2.47. The number of hydrogen-bond donors (Lipinski definition) is 0. The second-order valence-corrected chi connectivity index (χ2v) is 19.7. The minimum Gasteiger partial charge on any atom is -0.456 e. The SMILES string of the molecule is c1ccc(-n2c3ccccc3c3c(-c4cc(-n5c6ccccc6c6cc(-c7nc8ccccc8o7)ccc65)cc5oc6ccc(-n7c8ccccc8c8ccc(-c9nc%10ccccc%10o9)cc87)cc6c45)cccc32)cc1. The molecule has 0 bridgehead atoms. The molecule has 0 saturated carbocycles. The van der Waals surface area contributed by atoms with Crippen molar-refractivity contribution in [1.82, 2.24) is 23.7 Å². The standard InChI is InChI=1S/C68H39N5O3/c1-2-15-42(16-3-1)71-57-25-11-6-19-49(57)65-48(20-14-26-59(65)71)51-38-44(73-56-24-10-5-18-46(56)50-35-40(30-33-58(50)73)67-69-53-21-7-12-27-62(53)75-67)39-64-66(51)52-37-43(31-34-61(52)74-64)72-55-23-9-4-17-45(55)47-32-29-41(36-60(47)72)68-70-54-22-8-13-28-63(54)76-68/h1-39H. The number of benzene rings is 11. The molecule has 0 N–H and O–H groups in total. The van der Waals surface area contributed by atoms with Crippen LogP contribution in [0.1, 0.15) is 0 Å². The number of para-hydroxylation sites is 8. The molecule has 8 nitrogen and oxygen atoms in total. The topological polar surface area (TPSA) is 80.0 Å². The van der Waals surface area contributed by atoms with E-state index in [1.54, 1.807) is 0 Å². The molecule has 0 radical (unpaired) electrons. The van der Waals surface area contributed by atoms with Crippen LogP contribution in [0, 0.1) is 0 Å². The van der Waals surface area contributed by atoms with Gasteiger partial charge in [-0.3, -0.25) is 0 Å². The van der Waals surface area contributed by atoms with Gasteiger partial charge in [0, 0.05) is 71.7 Å². The average molecular weight is 974 g/mol. The number of furan rings is 1. The van der Waals surface area contributed by atoms with E-state index in [0.29, 0.717) is 11.8 Å². The Labute approximate surface area is 432 Å². The first-order valence-corrected chi connectivity index (χ1v) is 25.5. The maximum Gasteiger partial charge on any atom is 0.227 e. The molecule has 0 saturated heterocycles. The molecule has 0 fully saturated rings. The summed E-state index contributed by atoms with van der Waals surface area (Å²) in [4.78, 5) is 9.78. The molecule has 6 aromatic heterocycles. The van der Waals surface area contributed by atoms with E-state index in [1.807, 2.05) is 48.5 Å². The smallest absolute Gasteiger partial charge is 0.227 e. The minimum atomic E-state index is 0.589. The van der Waals surface area contributed by atoms with Gasteiger partial charge in [-0.15, -0.1) is 0 Å². The Morgan fingerprint density at radius 2 is 0.829 bits per heavy atom. The summed E-state index contributed by atoms with van der Waals surface area (Å²) in [6.07, 6.45) is 0. The lowest BCUT2D eigenvalue weighted by Crippen LogP contribution is -1.96. The zero-order chi connectivity index (χ0) is 49.6. The third-order valence-corrected chi connectivity index (χ3v) is 15.5. The predicted molar refractivity (Wildman–Crippen MR) is 308 cm³/mol. The highest BCUT2D eigenvalue weighted by molar-refractivity contribution is 6.22. The van der Waals surface area contributed by atoms with E-state index < -0.39 is 0 Å². The zero-order valence-corrected chi connectivity index (χ0v) is 40.5. The van der Waals surface area contributed by atoms with Crippen LogP contribution >= 0.6 is 0 Å². The Morgan fingerprint density at radius 3 is 1.57 bits per heavy atom. The molecule has 6 heterocycles. The van der Waals surface area contributed by atoms with Gasteiger partial charge in [-0.25, -0.2) is 9.97 Å². The Kier molecular flexibility index (Phi) is 8.40. The van der Waals surface area contributed by atoms with Crippen LogP contribution in [0.2, 0.25) is 0 Å². The van der Waals surface area contributed by atoms with Crippen molar-refractivity contribution in [1.29, 1.82) is 0 Å². The molecular formula is C68H39N5O3. The normalized spacial score (nSPS) is 12.2. The van der Waals surface area contributed by atoms with Crippen LogP contribution in [0.25, 0.3) is 161 Å². The van der Waals surface area contributed by atoms with Gasteiger partial charge in [-0.1, -0.05) is 115 Å². The maximum atomic E-state index is 7.14. The number of rotatable bonds is 6. The molecule has 0 aliphatic rings. The van der Waals surface area contributed by atoms with Gasteiger partial charge < -0.3 is 27.0 Å². The number of fused-ring (bicyclic) bond motifs is 14. The summed E-state index contributed by atoms with van der Waals surface area (Å²) in [6, 6.07) is 83.5. The fraction of sp³-hybridized carbons (Fsp3) is 0. The monoisotopic (exact) mass is 973 g/mol. The number of aromatic nitrogens is 5. The fourth-order valence-corrected chi connectivity index (χ4v) is 12.2. The van der Waals surface area contributed by atoms with Crippen molar-refractivity contribution in [2.24, 2.45) is 0 Å². The van der Waals surface area contributed by atoms with E-state index >= 15 is 0 Å². The van der Waals surface area contributed by atoms with E-state index in [4.69, 9.17) is 23.2 Å². The lowest BCUT2D eigenvalue weighted by molar-refractivity contribution is 0.619. The Balaban J connectivity index is 0.941. The second-order valence-electron chi connectivity index (χ2n) is 19.7. The van der Waals surface area contributed by atoms with Gasteiger partial charge in [0.2, 0.25) is 11.8 Å². The molecule has 0 spiro atoms. The Hall–Kier alpha value is -10.4. The van der Waals surface area contributed by atoms with Crippen LogP contribution in [0.3, 0.4) is 0 Å². The summed E-state index contributed by atoms with van der Waals surface area (Å²) in [5.41, 5.74) is 18.5. The van der Waals surface area contributed by atoms with Crippen LogP contribution < -0.4 is 0 Å². The molecule has 11 aromatic carbocycles. The van der Waals surface area contributed by atoms with Crippen LogP contribution in [-0.4, -0.2) is 23.7 Å². The molecule has 8 heteroatoms. The first kappa shape index (κ1) is 41.1. The minimum absolute atomic E-state index is 0.589. The fourth-order valence-electron chi connectivity index (χ4n) is 12.2. The lowest BCUT2D eigenvalue weighted by Gasteiger charge is -2.14. The molecule has 76 heavy (non-hydrogen) atoms. The first-order chi connectivity index (χ1) is 37.7. The molecule has 17 aromatic rings. The first-order valence-electron chi connectivity index (χ1n) is 25.5. The van der Waals surface area contributed by atoms with Crippen molar-refractivity contribution in [3.8, 4) is 51.1 Å². The van der Waals surface area contributed by atoms with Crippen LogP contribution in [0.4, 0.5) is 0 Å². The third-order valence-electron chi connectivity index (χ3n) is 15.5. The number of hydrogen-bond acceptors (Lipinski definition) is 5. The van der Waals surface area contributed by atoms with Gasteiger partial charge in [0.25, 0.3) is 0 Å². The Bertz CT molecular complexity index is 5190. The highest BCUT2D eigenvalue weighted by Gasteiger charge is 2.24. The van der Waals surface area contributed by atoms with Gasteiger partial charge in [-0.2, -0.15) is 0 Å². The van der Waals surface area contributed by atoms with Crippen molar-refractivity contribution < 1.29 is 13.3 Å². The second kappa shape index (κ2) is 15.5. The molecule has 354 valence electrons. The van der Waals surface area contributed by atoms with Crippen LogP contribution in [-0.2, 0) is 0 Å². The summed E-state index contributed by atoms with van der Waals surface area (Å²) < 4.78 is 26.9. The van der Waals surface area contributed by atoms with E-state index in [9.17, 15) is 0 Å². The van der Waals surface area contributed by atoms with Crippen molar-refractivity contribution in [3.05, 3.63) is 237 Å². The number of oxazole rings is 2. The quantitative estimate of drug-likeness (QED) is 0.166. The van der Waals surface area contributed by atoms with Crippen molar-refractivity contribution in [2.75, 3.05) is 0 Å². The van der Waals surface area contributed by atoms with Crippen molar-refractivity contribution in [3.63, 3.8) is 0 Å². The predicted octanol–water partition coefficient (Wildman–Crippen LogP) is 18.2. The molecule has 0 aliphatic heterocycles. The summed E-state index contributed by atoms with van der Waals surface area (Å²) in [5.74, 6) is 1.18. The molecule has 17 rings (SSSR count). The van der Waals surface area contributed by atoms with E-state index in [2.05, 4.69) is 202 Å². The van der Waals surface area contributed by atoms with E-state index in [1.165, 1.54) is 10.8 Å². The summed E-state index contributed by atoms with van der Waals surface area (Å²) >= 11 is 0. The molecular weight excluding hydrogens is 935 g/mol. The maximum absolute atomic E-state index is 7.14. The Morgan fingerprint density at radius 1 is 0.263 bits per heavy atom. The van der Waals surface area contributed by atoms with Gasteiger partial charge in [0.05, 0.1) is 38.8 Å². The molecule has 0 unspecified atom stereocenters. The lowest BCUT2D eigenvalue weighted by atomic mass is 9.94. The molecule has 0 amide bonds. The number of nitrogens with zero attached hydrogens (tertiary/aromatic N) is 5. The van der Waals surface area contributed by atoms with Crippen LogP contribution in [0.5, 0.6) is 0 Å². The van der Waals surface area contributed by atoms with Gasteiger partial charge in [-0.05, 0) is 126 Å². The van der Waals surface area contributed by atoms with Crippen molar-refractivity contribution >= 4 is 110 Å². The molecule has 0 aliphatic carbocycles. The van der Waals surface area contributed by atoms with E-state index in [0.717, 1.165) is 138 Å². The summed E-state index contributed by atoms with van der Waals surface area (Å²) in [6.45, 7) is 0. The summed E-state index contributed by atoms with van der Waals surface area (Å²) in [5, 5.41) is 8.94. The van der Waals surface area contributed by atoms with Gasteiger partial charge in [0.15, 0.2) is 11.2 Å². The van der Waals surface area contributed by atoms with E-state index in [-0.39, 0.29) is 0 Å².